The summed E-state index contributed by atoms with van der Waals surface area (Å²) in [5, 5.41) is 34.3. The number of aromatic carboxylic acids is 2. The molecule has 1 fully saturated rings. The Labute approximate surface area is 165 Å². The number of carbonyl (C=O) groups is 2. The largest absolute Gasteiger partial charge is 0.478 e. The van der Waals surface area contributed by atoms with E-state index in [9.17, 15) is 9.59 Å². The van der Waals surface area contributed by atoms with E-state index in [1.165, 1.54) is 0 Å². The molecule has 0 amide bonds. The first-order valence-electron chi connectivity index (χ1n) is 9.26. The normalized spacial score (nSPS) is 17.9. The van der Waals surface area contributed by atoms with Gasteiger partial charge < -0.3 is 20.4 Å². The molecule has 0 saturated heterocycles. The zero-order valence-electron chi connectivity index (χ0n) is 15.8. The third-order valence-electron chi connectivity index (χ3n) is 4.52. The molecule has 0 aromatic heterocycles. The number of hydrogen-bond donors (Lipinski definition) is 4. The average Bonchev–Trinajstić information content (AvgIpc) is 2.76. The molecule has 1 aliphatic rings. The third kappa shape index (κ3) is 9.30. The van der Waals surface area contributed by atoms with Crippen molar-refractivity contribution >= 4 is 11.9 Å². The van der Waals surface area contributed by atoms with E-state index in [1.807, 2.05) is 0 Å². The average molecular weight is 388 g/mol. The van der Waals surface area contributed by atoms with Gasteiger partial charge in [-0.25, -0.2) is 9.59 Å². The Hall–Kier alpha value is -2.70. The van der Waals surface area contributed by atoms with Crippen molar-refractivity contribution < 1.29 is 30.0 Å². The van der Waals surface area contributed by atoms with Crippen LogP contribution < -0.4 is 0 Å². The van der Waals surface area contributed by atoms with E-state index in [4.69, 9.17) is 20.4 Å². The molecule has 0 atom stereocenters. The van der Waals surface area contributed by atoms with Crippen LogP contribution >= 0.6 is 0 Å². The Balaban J connectivity index is 0.000000210. The molecule has 2 aromatic carbocycles. The van der Waals surface area contributed by atoms with Gasteiger partial charge in [0.1, 0.15) is 0 Å². The van der Waals surface area contributed by atoms with Crippen molar-refractivity contribution in [2.24, 2.45) is 11.8 Å². The van der Waals surface area contributed by atoms with E-state index in [0.29, 0.717) is 36.2 Å². The molecule has 0 bridgehead atoms. The summed E-state index contributed by atoms with van der Waals surface area (Å²) in [6.07, 6.45) is 4.40. The monoisotopic (exact) mass is 388 g/mol. The van der Waals surface area contributed by atoms with Crippen molar-refractivity contribution in [3.63, 3.8) is 0 Å². The van der Waals surface area contributed by atoms with Crippen LogP contribution in [0.3, 0.4) is 0 Å². The maximum Gasteiger partial charge on any atom is 0.335 e. The molecule has 0 aliphatic heterocycles. The highest BCUT2D eigenvalue weighted by molar-refractivity contribution is 5.87. The van der Waals surface area contributed by atoms with E-state index >= 15 is 0 Å². The highest BCUT2D eigenvalue weighted by atomic mass is 16.4. The Morgan fingerprint density at radius 3 is 1.11 bits per heavy atom. The quantitative estimate of drug-likeness (QED) is 0.637. The minimum Gasteiger partial charge on any atom is -0.478 e. The zero-order valence-corrected chi connectivity index (χ0v) is 15.8. The van der Waals surface area contributed by atoms with Gasteiger partial charge >= 0.3 is 11.9 Å². The minimum absolute atomic E-state index is 0.331. The van der Waals surface area contributed by atoms with E-state index in [-0.39, 0.29) is 0 Å². The van der Waals surface area contributed by atoms with E-state index in [1.54, 1.807) is 60.7 Å². The van der Waals surface area contributed by atoms with Crippen molar-refractivity contribution in [2.45, 2.75) is 25.7 Å². The van der Waals surface area contributed by atoms with Gasteiger partial charge in [0.25, 0.3) is 0 Å². The summed E-state index contributed by atoms with van der Waals surface area (Å²) in [5.41, 5.74) is 0.662. The summed E-state index contributed by atoms with van der Waals surface area (Å²) in [7, 11) is 0. The highest BCUT2D eigenvalue weighted by Crippen LogP contribution is 2.27. The van der Waals surface area contributed by atoms with Gasteiger partial charge in [-0.2, -0.15) is 0 Å². The van der Waals surface area contributed by atoms with E-state index in [2.05, 4.69) is 0 Å². The number of carboxylic acid groups (broad SMARTS) is 2. The standard InChI is InChI=1S/C8H16O2.2C7H6O2/c9-5-7-1-2-8(6-10)4-3-7;2*8-7(9)6-4-2-1-3-5-6/h7-10H,1-6H2;2*1-5H,(H,8,9). The van der Waals surface area contributed by atoms with Crippen LogP contribution in [0.5, 0.6) is 0 Å². The molecule has 2 aromatic rings. The summed E-state index contributed by atoms with van der Waals surface area (Å²) in [6, 6.07) is 16.6. The number of hydrogen-bond acceptors (Lipinski definition) is 4. The van der Waals surface area contributed by atoms with Gasteiger partial charge in [-0.1, -0.05) is 36.4 Å². The number of aliphatic hydroxyl groups is 2. The van der Waals surface area contributed by atoms with Crippen LogP contribution in [0.1, 0.15) is 46.4 Å². The second-order valence-electron chi connectivity index (χ2n) is 6.59. The van der Waals surface area contributed by atoms with Crippen LogP contribution in [0.4, 0.5) is 0 Å². The Morgan fingerprint density at radius 1 is 0.643 bits per heavy atom. The van der Waals surface area contributed by atoms with Crippen molar-refractivity contribution in [3.8, 4) is 0 Å². The molecule has 6 heteroatoms. The number of benzene rings is 2. The number of rotatable bonds is 4. The SMILES string of the molecule is O=C(O)c1ccccc1.O=C(O)c1ccccc1.OCC1CCC(CO)CC1. The lowest BCUT2D eigenvalue weighted by Crippen LogP contribution is -2.19. The lowest BCUT2D eigenvalue weighted by atomic mass is 9.83. The molecule has 0 radical (unpaired) electrons. The summed E-state index contributed by atoms with van der Waals surface area (Å²) in [6.45, 7) is 0.663. The topological polar surface area (TPSA) is 115 Å². The molecule has 0 spiro atoms. The van der Waals surface area contributed by atoms with E-state index in [0.717, 1.165) is 25.7 Å². The Bertz CT molecular complexity index is 617. The first-order valence-corrected chi connectivity index (χ1v) is 9.26. The second-order valence-corrected chi connectivity index (χ2v) is 6.59. The van der Waals surface area contributed by atoms with Gasteiger partial charge in [0, 0.05) is 13.2 Å². The smallest absolute Gasteiger partial charge is 0.335 e. The third-order valence-corrected chi connectivity index (χ3v) is 4.52. The van der Waals surface area contributed by atoms with Gasteiger partial charge in [-0.15, -0.1) is 0 Å². The predicted octanol–water partition coefficient (Wildman–Crippen LogP) is 3.55. The predicted molar refractivity (Wildman–Crippen MR) is 106 cm³/mol. The minimum atomic E-state index is -0.879. The van der Waals surface area contributed by atoms with Gasteiger partial charge in [0.15, 0.2) is 0 Å². The number of carboxylic acids is 2. The first kappa shape index (κ1) is 23.3. The Kier molecular flexibility index (Phi) is 11.2. The number of aliphatic hydroxyl groups excluding tert-OH is 2. The fourth-order valence-corrected chi connectivity index (χ4v) is 2.76. The van der Waals surface area contributed by atoms with Crippen molar-refractivity contribution in [3.05, 3.63) is 71.8 Å². The molecule has 0 heterocycles. The van der Waals surface area contributed by atoms with Crippen molar-refractivity contribution in [2.75, 3.05) is 13.2 Å². The maximum atomic E-state index is 10.2. The zero-order chi connectivity index (χ0) is 20.8. The first-order chi connectivity index (χ1) is 13.5. The van der Waals surface area contributed by atoms with Crippen LogP contribution in [0.15, 0.2) is 60.7 Å². The van der Waals surface area contributed by atoms with E-state index < -0.39 is 11.9 Å². The molecule has 28 heavy (non-hydrogen) atoms. The second kappa shape index (κ2) is 13.5. The molecule has 6 nitrogen and oxygen atoms in total. The van der Waals surface area contributed by atoms with Crippen LogP contribution in [0.2, 0.25) is 0 Å². The van der Waals surface area contributed by atoms with Crippen molar-refractivity contribution in [1.82, 2.24) is 0 Å². The van der Waals surface area contributed by atoms with Crippen molar-refractivity contribution in [1.29, 1.82) is 0 Å². The van der Waals surface area contributed by atoms with Gasteiger partial charge in [0.05, 0.1) is 11.1 Å². The van der Waals surface area contributed by atoms with Crippen LogP contribution in [-0.4, -0.2) is 45.6 Å². The molecule has 4 N–H and O–H groups in total. The van der Waals surface area contributed by atoms with Crippen LogP contribution in [0.25, 0.3) is 0 Å². The fourth-order valence-electron chi connectivity index (χ4n) is 2.76. The molecular formula is C22H28O6. The molecular weight excluding hydrogens is 360 g/mol. The lowest BCUT2D eigenvalue weighted by molar-refractivity contribution is 0.0686. The van der Waals surface area contributed by atoms with Crippen LogP contribution in [0, 0.1) is 11.8 Å². The maximum absolute atomic E-state index is 10.2. The van der Waals surface area contributed by atoms with Gasteiger partial charge in [0.2, 0.25) is 0 Å². The Morgan fingerprint density at radius 2 is 0.929 bits per heavy atom. The summed E-state index contributed by atoms with van der Waals surface area (Å²) < 4.78 is 0. The molecule has 1 saturated carbocycles. The highest BCUT2D eigenvalue weighted by Gasteiger charge is 2.19. The van der Waals surface area contributed by atoms with Gasteiger partial charge in [-0.05, 0) is 61.8 Å². The molecule has 0 unspecified atom stereocenters. The molecule has 1 aliphatic carbocycles. The summed E-state index contributed by atoms with van der Waals surface area (Å²) in [4.78, 5) is 20.4. The molecule has 152 valence electrons. The van der Waals surface area contributed by atoms with Crippen LogP contribution in [-0.2, 0) is 0 Å². The summed E-state index contributed by atoms with van der Waals surface area (Å²) in [5.74, 6) is -0.725. The molecule has 3 rings (SSSR count). The summed E-state index contributed by atoms with van der Waals surface area (Å²) >= 11 is 0. The lowest BCUT2D eigenvalue weighted by Gasteiger charge is -2.25. The van der Waals surface area contributed by atoms with Gasteiger partial charge in [-0.3, -0.25) is 0 Å². The fraction of sp³-hybridized carbons (Fsp3) is 0.364.